The molecule has 3 nitrogen and oxygen atoms in total. The van der Waals surface area contributed by atoms with E-state index >= 15 is 0 Å². The number of benzene rings is 3. The maximum Gasteiger partial charge on any atom is 0.185 e. The highest BCUT2D eigenvalue weighted by atomic mass is 16.5. The molecule has 0 atom stereocenters. The number of nitrogens with zero attached hydrogens (tertiary/aromatic N) is 1. The number of allylic oxidation sites excluding steroid dienone is 1. The Balaban J connectivity index is 1.68. The molecule has 134 valence electrons. The summed E-state index contributed by atoms with van der Waals surface area (Å²) in [5, 5.41) is 2.46. The Morgan fingerprint density at radius 1 is 0.963 bits per heavy atom. The van der Waals surface area contributed by atoms with Crippen LogP contribution >= 0.6 is 0 Å². The standard InChI is InChI=1S/C24H21NO2/c1-3-25-22-7-5-4-6-20(22)21-16-17(8-14-23(21)25)9-15-24(26)18-10-12-19(27-2)13-11-18/h4-16H,3H2,1-2H3/b15-9+. The van der Waals surface area contributed by atoms with Crippen molar-refractivity contribution in [2.24, 2.45) is 0 Å². The van der Waals surface area contributed by atoms with Crippen molar-refractivity contribution >= 4 is 33.7 Å². The van der Waals surface area contributed by atoms with Gasteiger partial charge in [-0.05, 0) is 61.0 Å². The Labute approximate surface area is 158 Å². The summed E-state index contributed by atoms with van der Waals surface area (Å²) in [6.07, 6.45) is 3.51. The zero-order chi connectivity index (χ0) is 18.8. The van der Waals surface area contributed by atoms with Gasteiger partial charge in [0, 0.05) is 33.9 Å². The lowest BCUT2D eigenvalue weighted by Gasteiger charge is -2.03. The van der Waals surface area contributed by atoms with Gasteiger partial charge in [0.15, 0.2) is 5.78 Å². The molecule has 0 fully saturated rings. The quantitative estimate of drug-likeness (QED) is 0.339. The molecule has 4 rings (SSSR count). The smallest absolute Gasteiger partial charge is 0.185 e. The predicted octanol–water partition coefficient (Wildman–Crippen LogP) is 5.72. The summed E-state index contributed by atoms with van der Waals surface area (Å²) in [6.45, 7) is 3.09. The Hall–Kier alpha value is -3.33. The van der Waals surface area contributed by atoms with E-state index in [0.29, 0.717) is 5.56 Å². The van der Waals surface area contributed by atoms with Crippen LogP contribution in [0, 0.1) is 0 Å². The summed E-state index contributed by atoms with van der Waals surface area (Å²) in [4.78, 5) is 12.4. The monoisotopic (exact) mass is 355 g/mol. The number of aryl methyl sites for hydroxylation is 1. The molecule has 3 aromatic carbocycles. The molecule has 1 heterocycles. The number of ether oxygens (including phenoxy) is 1. The Morgan fingerprint density at radius 2 is 1.70 bits per heavy atom. The third-order valence-corrected chi connectivity index (χ3v) is 4.91. The third kappa shape index (κ3) is 3.13. The molecular formula is C24H21NO2. The number of carbonyl (C=O) groups is 1. The molecule has 0 amide bonds. The van der Waals surface area contributed by atoms with Gasteiger partial charge in [-0.1, -0.05) is 30.3 Å². The van der Waals surface area contributed by atoms with Gasteiger partial charge in [0.25, 0.3) is 0 Å². The van der Waals surface area contributed by atoms with Gasteiger partial charge in [-0.2, -0.15) is 0 Å². The maximum atomic E-state index is 12.4. The molecule has 27 heavy (non-hydrogen) atoms. The predicted molar refractivity (Wildman–Crippen MR) is 111 cm³/mol. The number of methoxy groups -OCH3 is 1. The summed E-state index contributed by atoms with van der Waals surface area (Å²) in [5.41, 5.74) is 4.13. The number of hydrogen-bond donors (Lipinski definition) is 0. The molecule has 0 aliphatic heterocycles. The second-order valence-electron chi connectivity index (χ2n) is 6.46. The molecular weight excluding hydrogens is 334 g/mol. The zero-order valence-corrected chi connectivity index (χ0v) is 15.5. The lowest BCUT2D eigenvalue weighted by molar-refractivity contribution is 0.104. The molecule has 0 N–H and O–H groups in total. The number of carbonyl (C=O) groups excluding carboxylic acids is 1. The van der Waals surface area contributed by atoms with Crippen molar-refractivity contribution < 1.29 is 9.53 Å². The van der Waals surface area contributed by atoms with Gasteiger partial charge in [-0.3, -0.25) is 4.79 Å². The Morgan fingerprint density at radius 3 is 2.44 bits per heavy atom. The van der Waals surface area contributed by atoms with Crippen LogP contribution in [0.4, 0.5) is 0 Å². The van der Waals surface area contributed by atoms with Gasteiger partial charge < -0.3 is 9.30 Å². The molecule has 0 bridgehead atoms. The number of ketones is 1. The fraction of sp³-hybridized carbons (Fsp3) is 0.125. The summed E-state index contributed by atoms with van der Waals surface area (Å²) in [6, 6.07) is 22.0. The third-order valence-electron chi connectivity index (χ3n) is 4.91. The van der Waals surface area contributed by atoms with E-state index in [-0.39, 0.29) is 5.78 Å². The fourth-order valence-corrected chi connectivity index (χ4v) is 3.54. The van der Waals surface area contributed by atoms with Crippen molar-refractivity contribution in [1.82, 2.24) is 4.57 Å². The van der Waals surface area contributed by atoms with Crippen molar-refractivity contribution in [3.8, 4) is 5.75 Å². The molecule has 0 aliphatic carbocycles. The van der Waals surface area contributed by atoms with Crippen LogP contribution in [-0.4, -0.2) is 17.5 Å². The molecule has 0 saturated carbocycles. The van der Waals surface area contributed by atoms with E-state index in [9.17, 15) is 4.79 Å². The average Bonchev–Trinajstić information content (AvgIpc) is 3.05. The minimum atomic E-state index is -0.0197. The first-order chi connectivity index (χ1) is 13.2. The number of hydrogen-bond acceptors (Lipinski definition) is 2. The van der Waals surface area contributed by atoms with Gasteiger partial charge in [-0.25, -0.2) is 0 Å². The molecule has 0 saturated heterocycles. The summed E-state index contributed by atoms with van der Waals surface area (Å²) < 4.78 is 7.45. The number of para-hydroxylation sites is 1. The molecule has 0 radical (unpaired) electrons. The van der Waals surface area contributed by atoms with Crippen molar-refractivity contribution in [1.29, 1.82) is 0 Å². The van der Waals surface area contributed by atoms with Crippen LogP contribution in [0.25, 0.3) is 27.9 Å². The zero-order valence-electron chi connectivity index (χ0n) is 15.5. The summed E-state index contributed by atoms with van der Waals surface area (Å²) >= 11 is 0. The number of rotatable bonds is 5. The van der Waals surface area contributed by atoms with Crippen LogP contribution in [0.1, 0.15) is 22.8 Å². The lowest BCUT2D eigenvalue weighted by atomic mass is 10.1. The van der Waals surface area contributed by atoms with Crippen LogP contribution in [0.2, 0.25) is 0 Å². The van der Waals surface area contributed by atoms with Crippen LogP contribution in [0.3, 0.4) is 0 Å². The van der Waals surface area contributed by atoms with Crippen molar-refractivity contribution in [3.05, 3.63) is 83.9 Å². The first-order valence-corrected chi connectivity index (χ1v) is 9.08. The van der Waals surface area contributed by atoms with Gasteiger partial charge in [0.05, 0.1) is 7.11 Å². The lowest BCUT2D eigenvalue weighted by Crippen LogP contribution is -1.94. The Bertz CT molecular complexity index is 1150. The minimum absolute atomic E-state index is 0.0197. The first-order valence-electron chi connectivity index (χ1n) is 9.08. The van der Waals surface area contributed by atoms with Crippen molar-refractivity contribution in [3.63, 3.8) is 0 Å². The SMILES string of the molecule is CCn1c2ccccc2c2cc(/C=C/C(=O)c3ccc(OC)cc3)ccc21. The highest BCUT2D eigenvalue weighted by Crippen LogP contribution is 2.30. The van der Waals surface area contributed by atoms with Crippen LogP contribution in [0.5, 0.6) is 5.75 Å². The van der Waals surface area contributed by atoms with Gasteiger partial charge in [0.2, 0.25) is 0 Å². The van der Waals surface area contributed by atoms with E-state index in [4.69, 9.17) is 4.74 Å². The molecule has 0 aliphatic rings. The maximum absolute atomic E-state index is 12.4. The number of aromatic nitrogens is 1. The van der Waals surface area contributed by atoms with Gasteiger partial charge >= 0.3 is 0 Å². The van der Waals surface area contributed by atoms with Crippen molar-refractivity contribution in [2.45, 2.75) is 13.5 Å². The van der Waals surface area contributed by atoms with Crippen LogP contribution in [-0.2, 0) is 6.54 Å². The average molecular weight is 355 g/mol. The molecule has 0 unspecified atom stereocenters. The second kappa shape index (κ2) is 7.12. The Kier molecular flexibility index (Phi) is 4.51. The topological polar surface area (TPSA) is 31.2 Å². The largest absolute Gasteiger partial charge is 0.497 e. The highest BCUT2D eigenvalue weighted by molar-refractivity contribution is 6.10. The van der Waals surface area contributed by atoms with E-state index in [0.717, 1.165) is 17.9 Å². The highest BCUT2D eigenvalue weighted by Gasteiger charge is 2.09. The van der Waals surface area contributed by atoms with Crippen LogP contribution < -0.4 is 4.74 Å². The van der Waals surface area contributed by atoms with E-state index in [1.165, 1.54) is 21.8 Å². The van der Waals surface area contributed by atoms with Crippen molar-refractivity contribution in [2.75, 3.05) is 7.11 Å². The number of fused-ring (bicyclic) bond motifs is 3. The van der Waals surface area contributed by atoms with E-state index in [1.807, 2.05) is 6.08 Å². The summed E-state index contributed by atoms with van der Waals surface area (Å²) in [7, 11) is 1.61. The van der Waals surface area contributed by atoms with Crippen LogP contribution in [0.15, 0.2) is 72.8 Å². The van der Waals surface area contributed by atoms with Gasteiger partial charge in [-0.15, -0.1) is 0 Å². The fourth-order valence-electron chi connectivity index (χ4n) is 3.54. The van der Waals surface area contributed by atoms with E-state index < -0.39 is 0 Å². The molecule has 1 aromatic heterocycles. The molecule has 0 spiro atoms. The summed E-state index contributed by atoms with van der Waals surface area (Å²) in [5.74, 6) is 0.724. The van der Waals surface area contributed by atoms with E-state index in [1.54, 1.807) is 37.5 Å². The van der Waals surface area contributed by atoms with Gasteiger partial charge in [0.1, 0.15) is 5.75 Å². The van der Waals surface area contributed by atoms with E-state index in [2.05, 4.69) is 54.0 Å². The minimum Gasteiger partial charge on any atom is -0.497 e. The molecule has 4 aromatic rings. The second-order valence-corrected chi connectivity index (χ2v) is 6.46. The normalized spacial score (nSPS) is 11.5. The first kappa shape index (κ1) is 17.1. The molecule has 3 heteroatoms.